The molecule has 1 heterocycles. The summed E-state index contributed by atoms with van der Waals surface area (Å²) >= 11 is 3.43. The van der Waals surface area contributed by atoms with Crippen LogP contribution in [0.2, 0.25) is 0 Å². The van der Waals surface area contributed by atoms with Gasteiger partial charge in [-0.15, -0.1) is 0 Å². The average molecular weight is 321 g/mol. The third kappa shape index (κ3) is 2.27. The van der Waals surface area contributed by atoms with Gasteiger partial charge in [-0.25, -0.2) is 4.39 Å². The fraction of sp³-hybridized carbons (Fsp3) is 0.250. The van der Waals surface area contributed by atoms with Gasteiger partial charge >= 0.3 is 0 Å². The molecule has 1 unspecified atom stereocenters. The van der Waals surface area contributed by atoms with Crippen molar-refractivity contribution in [2.24, 2.45) is 0 Å². The summed E-state index contributed by atoms with van der Waals surface area (Å²) in [5.41, 5.74) is 3.98. The van der Waals surface area contributed by atoms with E-state index in [-0.39, 0.29) is 11.9 Å². The quantitative estimate of drug-likeness (QED) is 0.740. The number of ether oxygens (including phenoxy) is 1. The Balaban J connectivity index is 2.16. The van der Waals surface area contributed by atoms with Crippen LogP contribution in [0, 0.1) is 12.7 Å². The first-order valence-electron chi connectivity index (χ1n) is 6.30. The van der Waals surface area contributed by atoms with E-state index in [0.29, 0.717) is 0 Å². The summed E-state index contributed by atoms with van der Waals surface area (Å²) in [6.45, 7) is 2.03. The Morgan fingerprint density at radius 3 is 2.79 bits per heavy atom. The third-order valence-electron chi connectivity index (χ3n) is 3.47. The molecule has 1 atom stereocenters. The Morgan fingerprint density at radius 1 is 1.26 bits per heavy atom. The molecule has 1 aliphatic rings. The van der Waals surface area contributed by atoms with Gasteiger partial charge in [-0.2, -0.15) is 0 Å². The largest absolute Gasteiger partial charge is 0.488 e. The average Bonchev–Trinajstić information content (AvgIpc) is 2.81. The maximum absolute atomic E-state index is 13.8. The summed E-state index contributed by atoms with van der Waals surface area (Å²) in [5.74, 6) is 0.635. The van der Waals surface area contributed by atoms with Crippen molar-refractivity contribution in [2.45, 2.75) is 19.4 Å². The molecule has 0 aliphatic carbocycles. The van der Waals surface area contributed by atoms with E-state index in [1.807, 2.05) is 31.2 Å². The van der Waals surface area contributed by atoms with Gasteiger partial charge in [-0.3, -0.25) is 0 Å². The van der Waals surface area contributed by atoms with Gasteiger partial charge in [-0.05, 0) is 30.2 Å². The van der Waals surface area contributed by atoms with Crippen molar-refractivity contribution in [3.05, 3.63) is 53.3 Å². The van der Waals surface area contributed by atoms with Crippen LogP contribution in [0.25, 0.3) is 11.1 Å². The van der Waals surface area contributed by atoms with E-state index in [9.17, 15) is 4.39 Å². The van der Waals surface area contributed by atoms with Gasteiger partial charge in [0.1, 0.15) is 17.7 Å². The first kappa shape index (κ1) is 12.7. The van der Waals surface area contributed by atoms with Gasteiger partial charge in [0.2, 0.25) is 0 Å². The minimum atomic E-state index is -0.198. The molecular weight excluding hydrogens is 307 g/mol. The summed E-state index contributed by atoms with van der Waals surface area (Å²) < 4.78 is 19.7. The molecule has 0 saturated heterocycles. The summed E-state index contributed by atoms with van der Waals surface area (Å²) in [6, 6.07) is 11.1. The van der Waals surface area contributed by atoms with Crippen molar-refractivity contribution in [1.29, 1.82) is 0 Å². The van der Waals surface area contributed by atoms with E-state index in [0.717, 1.165) is 39.8 Å². The molecule has 19 heavy (non-hydrogen) atoms. The zero-order chi connectivity index (χ0) is 13.4. The van der Waals surface area contributed by atoms with Crippen molar-refractivity contribution in [1.82, 2.24) is 0 Å². The number of hydrogen-bond acceptors (Lipinski definition) is 1. The van der Waals surface area contributed by atoms with E-state index in [1.54, 1.807) is 12.1 Å². The monoisotopic (exact) mass is 320 g/mol. The topological polar surface area (TPSA) is 9.23 Å². The molecule has 0 amide bonds. The molecule has 1 aliphatic heterocycles. The molecule has 98 valence electrons. The molecule has 0 aromatic heterocycles. The van der Waals surface area contributed by atoms with E-state index < -0.39 is 0 Å². The molecule has 0 radical (unpaired) electrons. The maximum Gasteiger partial charge on any atom is 0.131 e. The molecule has 0 bridgehead atoms. The van der Waals surface area contributed by atoms with Crippen LogP contribution >= 0.6 is 15.9 Å². The van der Waals surface area contributed by atoms with Crippen LogP contribution in [0.15, 0.2) is 36.4 Å². The van der Waals surface area contributed by atoms with Crippen LogP contribution in [0.5, 0.6) is 5.75 Å². The molecule has 3 rings (SSSR count). The lowest BCUT2D eigenvalue weighted by molar-refractivity contribution is 0.261. The number of rotatable bonds is 2. The van der Waals surface area contributed by atoms with E-state index in [2.05, 4.69) is 15.9 Å². The summed E-state index contributed by atoms with van der Waals surface area (Å²) in [5, 5.41) is 0.760. The van der Waals surface area contributed by atoms with Crippen LogP contribution in [0.4, 0.5) is 4.39 Å². The molecule has 0 saturated carbocycles. The molecular formula is C16H14BrFO. The third-order valence-corrected chi connectivity index (χ3v) is 4.19. The fourth-order valence-corrected chi connectivity index (χ4v) is 2.92. The predicted octanol–water partition coefficient (Wildman–Crippen LogP) is 4.50. The molecule has 2 aromatic rings. The maximum atomic E-state index is 13.8. The van der Waals surface area contributed by atoms with Crippen LogP contribution in [0.3, 0.4) is 0 Å². The Kier molecular flexibility index (Phi) is 3.31. The zero-order valence-corrected chi connectivity index (χ0v) is 12.2. The Morgan fingerprint density at radius 2 is 2.05 bits per heavy atom. The first-order chi connectivity index (χ1) is 9.19. The second-order valence-electron chi connectivity index (χ2n) is 4.85. The van der Waals surface area contributed by atoms with Crippen molar-refractivity contribution in [3.8, 4) is 16.9 Å². The molecule has 0 spiro atoms. The number of benzene rings is 2. The van der Waals surface area contributed by atoms with E-state index >= 15 is 0 Å². The lowest BCUT2D eigenvalue weighted by Crippen LogP contribution is -2.13. The summed E-state index contributed by atoms with van der Waals surface area (Å²) in [4.78, 5) is 0. The molecule has 2 aromatic carbocycles. The summed E-state index contributed by atoms with van der Waals surface area (Å²) in [7, 11) is 0. The highest BCUT2D eigenvalue weighted by Gasteiger charge is 2.26. The van der Waals surface area contributed by atoms with E-state index in [1.165, 1.54) is 0 Å². The lowest BCUT2D eigenvalue weighted by atomic mass is 9.97. The van der Waals surface area contributed by atoms with Crippen LogP contribution in [0.1, 0.15) is 11.1 Å². The smallest absolute Gasteiger partial charge is 0.131 e. The highest BCUT2D eigenvalue weighted by Crippen LogP contribution is 2.40. The van der Waals surface area contributed by atoms with Gasteiger partial charge in [0.05, 0.1) is 0 Å². The minimum absolute atomic E-state index is 0.0968. The van der Waals surface area contributed by atoms with Gasteiger partial charge in [0.25, 0.3) is 0 Å². The molecule has 0 N–H and O–H groups in total. The van der Waals surface area contributed by atoms with Crippen molar-refractivity contribution in [3.63, 3.8) is 0 Å². The number of hydrogen-bond donors (Lipinski definition) is 0. The number of halogens is 2. The van der Waals surface area contributed by atoms with Gasteiger partial charge in [0.15, 0.2) is 0 Å². The number of alkyl halides is 1. The first-order valence-corrected chi connectivity index (χ1v) is 7.42. The fourth-order valence-electron chi connectivity index (χ4n) is 2.56. The van der Waals surface area contributed by atoms with Gasteiger partial charge in [-0.1, -0.05) is 40.2 Å². The van der Waals surface area contributed by atoms with Crippen molar-refractivity contribution >= 4 is 15.9 Å². The van der Waals surface area contributed by atoms with Crippen molar-refractivity contribution < 1.29 is 9.13 Å². The zero-order valence-electron chi connectivity index (χ0n) is 10.6. The Bertz CT molecular complexity index is 624. The van der Waals surface area contributed by atoms with Crippen molar-refractivity contribution in [2.75, 3.05) is 5.33 Å². The normalized spacial score (nSPS) is 17.1. The second kappa shape index (κ2) is 4.97. The van der Waals surface area contributed by atoms with Crippen LogP contribution in [-0.4, -0.2) is 11.4 Å². The van der Waals surface area contributed by atoms with E-state index in [4.69, 9.17) is 4.74 Å². The number of fused-ring (bicyclic) bond motifs is 1. The second-order valence-corrected chi connectivity index (χ2v) is 5.50. The number of aryl methyl sites for hydroxylation is 1. The highest BCUT2D eigenvalue weighted by atomic mass is 79.9. The minimum Gasteiger partial charge on any atom is -0.488 e. The Hall–Kier alpha value is -1.35. The van der Waals surface area contributed by atoms with Gasteiger partial charge < -0.3 is 4.74 Å². The summed E-state index contributed by atoms with van der Waals surface area (Å²) in [6.07, 6.45) is 0.858. The predicted molar refractivity (Wildman–Crippen MR) is 78.5 cm³/mol. The lowest BCUT2D eigenvalue weighted by Gasteiger charge is -2.12. The van der Waals surface area contributed by atoms with Crippen LogP contribution in [-0.2, 0) is 6.42 Å². The molecule has 0 fully saturated rings. The SMILES string of the molecule is Cc1ccccc1-c1cc(F)cc2c1OC(CBr)C2. The highest BCUT2D eigenvalue weighted by molar-refractivity contribution is 9.09. The Labute approximate surface area is 120 Å². The molecule has 3 heteroatoms. The van der Waals surface area contributed by atoms with Gasteiger partial charge in [0, 0.05) is 22.9 Å². The van der Waals surface area contributed by atoms with Crippen LogP contribution < -0.4 is 4.74 Å². The standard InChI is InChI=1S/C16H14BrFO/c1-10-4-2-3-5-14(10)15-8-12(18)6-11-7-13(9-17)19-16(11)15/h2-6,8,13H,7,9H2,1H3. The molecule has 1 nitrogen and oxygen atoms in total.